The summed E-state index contributed by atoms with van der Waals surface area (Å²) in [6, 6.07) is 1.22. The summed E-state index contributed by atoms with van der Waals surface area (Å²) in [4.78, 5) is 13.9. The largest absolute Gasteiger partial charge is 0.444 e. The van der Waals surface area contributed by atoms with Crippen LogP contribution in [0.3, 0.4) is 0 Å². The van der Waals surface area contributed by atoms with Crippen LogP contribution in [0.25, 0.3) is 0 Å². The van der Waals surface area contributed by atoms with Crippen molar-refractivity contribution in [3.63, 3.8) is 0 Å². The van der Waals surface area contributed by atoms with E-state index in [-0.39, 0.29) is 6.09 Å². The molecule has 3 unspecified atom stereocenters. The van der Waals surface area contributed by atoms with Gasteiger partial charge in [0.2, 0.25) is 0 Å². The summed E-state index contributed by atoms with van der Waals surface area (Å²) < 4.78 is 5.44. The highest BCUT2D eigenvalue weighted by Crippen LogP contribution is 2.19. The van der Waals surface area contributed by atoms with Gasteiger partial charge in [0.05, 0.1) is 0 Å². The molecule has 0 aromatic rings. The number of hydrogen-bond acceptors (Lipinski definition) is 4. The van der Waals surface area contributed by atoms with E-state index >= 15 is 0 Å². The monoisotopic (exact) mass is 311 g/mol. The molecular weight excluding hydrogens is 278 g/mol. The number of likely N-dealkylation sites (tertiary alicyclic amines) is 1. The minimum atomic E-state index is -0.407. The zero-order valence-electron chi connectivity index (χ0n) is 14.7. The fourth-order valence-corrected chi connectivity index (χ4v) is 3.33. The lowest BCUT2D eigenvalue weighted by Gasteiger charge is -2.24. The number of amides is 1. The van der Waals surface area contributed by atoms with E-state index in [1.165, 1.54) is 25.8 Å². The molecule has 2 heterocycles. The van der Waals surface area contributed by atoms with E-state index in [9.17, 15) is 4.79 Å². The Hall–Kier alpha value is -0.810. The Labute approximate surface area is 135 Å². The van der Waals surface area contributed by atoms with Crippen LogP contribution in [0.5, 0.6) is 0 Å². The second-order valence-corrected chi connectivity index (χ2v) is 7.92. The van der Waals surface area contributed by atoms with Crippen molar-refractivity contribution < 1.29 is 9.53 Å². The molecule has 2 saturated heterocycles. The van der Waals surface area contributed by atoms with Gasteiger partial charge in [0, 0.05) is 25.2 Å². The molecule has 2 aliphatic heterocycles. The first-order valence-electron chi connectivity index (χ1n) is 8.78. The van der Waals surface area contributed by atoms with Crippen LogP contribution < -0.4 is 10.6 Å². The molecule has 5 nitrogen and oxygen atoms in total. The first-order valence-corrected chi connectivity index (χ1v) is 8.78. The zero-order chi connectivity index (χ0) is 16.2. The van der Waals surface area contributed by atoms with Crippen LogP contribution in [0, 0.1) is 5.92 Å². The van der Waals surface area contributed by atoms with Crippen LogP contribution in [0.4, 0.5) is 4.79 Å². The molecule has 0 aromatic heterocycles. The number of nitrogens with one attached hydrogen (secondary N) is 2. The van der Waals surface area contributed by atoms with Gasteiger partial charge >= 0.3 is 6.09 Å². The Morgan fingerprint density at radius 1 is 1.41 bits per heavy atom. The van der Waals surface area contributed by atoms with E-state index in [4.69, 9.17) is 4.74 Å². The Morgan fingerprint density at radius 3 is 2.82 bits per heavy atom. The maximum Gasteiger partial charge on any atom is 0.410 e. The minimum absolute atomic E-state index is 0.168. The van der Waals surface area contributed by atoms with Crippen molar-refractivity contribution in [1.82, 2.24) is 15.5 Å². The van der Waals surface area contributed by atoms with Crippen LogP contribution in [0.15, 0.2) is 0 Å². The smallest absolute Gasteiger partial charge is 0.410 e. The number of rotatable bonds is 5. The molecule has 2 rings (SSSR count). The highest BCUT2D eigenvalue weighted by atomic mass is 16.6. The van der Waals surface area contributed by atoms with Gasteiger partial charge in [-0.05, 0) is 72.4 Å². The Balaban J connectivity index is 1.64. The molecule has 2 N–H and O–H groups in total. The van der Waals surface area contributed by atoms with Gasteiger partial charge in [0.1, 0.15) is 5.60 Å². The maximum absolute atomic E-state index is 12.0. The lowest BCUT2D eigenvalue weighted by molar-refractivity contribution is 0.0288. The third kappa shape index (κ3) is 5.76. The summed E-state index contributed by atoms with van der Waals surface area (Å²) in [5, 5.41) is 7.19. The molecule has 2 fully saturated rings. The quantitative estimate of drug-likeness (QED) is 0.818. The molecule has 0 radical (unpaired) electrons. The molecule has 3 atom stereocenters. The van der Waals surface area contributed by atoms with Gasteiger partial charge in [-0.1, -0.05) is 0 Å². The van der Waals surface area contributed by atoms with Gasteiger partial charge in [0.15, 0.2) is 0 Å². The summed E-state index contributed by atoms with van der Waals surface area (Å²) in [6.45, 7) is 11.8. The fraction of sp³-hybridized carbons (Fsp3) is 0.941. The summed E-state index contributed by atoms with van der Waals surface area (Å²) in [7, 11) is 0. The van der Waals surface area contributed by atoms with Crippen LogP contribution in [0.2, 0.25) is 0 Å². The van der Waals surface area contributed by atoms with E-state index in [0.29, 0.717) is 18.0 Å². The fourth-order valence-electron chi connectivity index (χ4n) is 3.33. The first kappa shape index (κ1) is 17.5. The van der Waals surface area contributed by atoms with Gasteiger partial charge < -0.3 is 20.3 Å². The summed E-state index contributed by atoms with van der Waals surface area (Å²) in [5.41, 5.74) is -0.407. The van der Waals surface area contributed by atoms with Crippen molar-refractivity contribution in [1.29, 1.82) is 0 Å². The van der Waals surface area contributed by atoms with Crippen molar-refractivity contribution >= 4 is 6.09 Å². The molecule has 2 aliphatic rings. The third-order valence-electron chi connectivity index (χ3n) is 4.49. The minimum Gasteiger partial charge on any atom is -0.444 e. The second-order valence-electron chi connectivity index (χ2n) is 7.92. The number of ether oxygens (including phenoxy) is 1. The normalized spacial score (nSPS) is 27.2. The second kappa shape index (κ2) is 7.64. The van der Waals surface area contributed by atoms with Gasteiger partial charge in [-0.25, -0.2) is 4.79 Å². The molecule has 22 heavy (non-hydrogen) atoms. The van der Waals surface area contributed by atoms with Crippen LogP contribution in [0.1, 0.15) is 53.4 Å². The van der Waals surface area contributed by atoms with E-state index in [1.54, 1.807) is 0 Å². The highest BCUT2D eigenvalue weighted by molar-refractivity contribution is 5.68. The highest BCUT2D eigenvalue weighted by Gasteiger charge is 2.29. The number of carbonyl (C=O) groups excluding carboxylic acids is 1. The number of carbonyl (C=O) groups is 1. The van der Waals surface area contributed by atoms with E-state index < -0.39 is 5.60 Å². The van der Waals surface area contributed by atoms with Crippen molar-refractivity contribution in [3.05, 3.63) is 0 Å². The molecule has 0 aliphatic carbocycles. The lowest BCUT2D eigenvalue weighted by atomic mass is 10.1. The molecule has 128 valence electrons. The van der Waals surface area contributed by atoms with Gasteiger partial charge in [-0.2, -0.15) is 0 Å². The van der Waals surface area contributed by atoms with Gasteiger partial charge in [0.25, 0.3) is 0 Å². The predicted octanol–water partition coefficient (Wildman–Crippen LogP) is 2.36. The van der Waals surface area contributed by atoms with Crippen LogP contribution in [-0.2, 0) is 4.74 Å². The number of nitrogens with zero attached hydrogens (tertiary/aromatic N) is 1. The average molecular weight is 311 g/mol. The van der Waals surface area contributed by atoms with E-state index in [0.717, 1.165) is 26.1 Å². The van der Waals surface area contributed by atoms with Crippen molar-refractivity contribution in [2.45, 2.75) is 71.1 Å². The molecule has 5 heteroatoms. The van der Waals surface area contributed by atoms with Crippen molar-refractivity contribution in [2.75, 3.05) is 26.2 Å². The lowest BCUT2D eigenvalue weighted by Crippen LogP contribution is -2.38. The molecule has 0 saturated carbocycles. The molecular formula is C17H33N3O2. The summed E-state index contributed by atoms with van der Waals surface area (Å²) >= 11 is 0. The SMILES string of the molecule is CC(CC1CCCN1)NCC1CCN(C(=O)OC(C)(C)C)C1. The van der Waals surface area contributed by atoms with Crippen LogP contribution in [-0.4, -0.2) is 54.9 Å². The van der Waals surface area contributed by atoms with E-state index in [2.05, 4.69) is 17.6 Å². The summed E-state index contributed by atoms with van der Waals surface area (Å²) in [6.07, 6.45) is 4.72. The third-order valence-corrected chi connectivity index (χ3v) is 4.49. The topological polar surface area (TPSA) is 53.6 Å². The Bertz CT molecular complexity index is 361. The molecule has 0 aromatic carbocycles. The Morgan fingerprint density at radius 2 is 2.18 bits per heavy atom. The Kier molecular flexibility index (Phi) is 6.09. The van der Waals surface area contributed by atoms with Gasteiger partial charge in [-0.3, -0.25) is 0 Å². The number of hydrogen-bond donors (Lipinski definition) is 2. The molecule has 0 bridgehead atoms. The summed E-state index contributed by atoms with van der Waals surface area (Å²) in [5.74, 6) is 0.548. The maximum atomic E-state index is 12.0. The van der Waals surface area contributed by atoms with Crippen molar-refractivity contribution in [3.8, 4) is 0 Å². The van der Waals surface area contributed by atoms with E-state index in [1.807, 2.05) is 25.7 Å². The zero-order valence-corrected chi connectivity index (χ0v) is 14.7. The first-order chi connectivity index (χ1) is 10.3. The standard InChI is InChI=1S/C17H33N3O2/c1-13(10-15-6-5-8-18-15)19-11-14-7-9-20(12-14)16(21)22-17(2,3)4/h13-15,18-19H,5-12H2,1-4H3. The van der Waals surface area contributed by atoms with Crippen LogP contribution >= 0.6 is 0 Å². The average Bonchev–Trinajstić information content (AvgIpc) is 3.05. The van der Waals surface area contributed by atoms with Crippen molar-refractivity contribution in [2.24, 2.45) is 5.92 Å². The van der Waals surface area contributed by atoms with Gasteiger partial charge in [-0.15, -0.1) is 0 Å². The molecule has 0 spiro atoms. The predicted molar refractivity (Wildman–Crippen MR) is 89.0 cm³/mol. The molecule has 1 amide bonds.